The second-order valence-electron chi connectivity index (χ2n) is 3.15. The van der Waals surface area contributed by atoms with Gasteiger partial charge in [0.2, 0.25) is 0 Å². The highest BCUT2D eigenvalue weighted by molar-refractivity contribution is 4.67. The molecule has 0 amide bonds. The quantitative estimate of drug-likeness (QED) is 0.591. The highest BCUT2D eigenvalue weighted by Crippen LogP contribution is 1.92. The zero-order valence-corrected chi connectivity index (χ0v) is 8.47. The first-order valence-electron chi connectivity index (χ1n) is 4.66. The van der Waals surface area contributed by atoms with E-state index in [1.54, 1.807) is 6.08 Å². The molecule has 0 aliphatic rings. The topological polar surface area (TPSA) is 21.3 Å². The third kappa shape index (κ3) is 6.38. The van der Waals surface area contributed by atoms with E-state index in [2.05, 4.69) is 32.7 Å². The molecule has 0 radical (unpaired) electrons. The van der Waals surface area contributed by atoms with Crippen molar-refractivity contribution in [2.75, 3.05) is 13.2 Å². The SMILES string of the molecule is C=CCOC(C)CNC(C)CC. The highest BCUT2D eigenvalue weighted by atomic mass is 16.5. The van der Waals surface area contributed by atoms with Gasteiger partial charge >= 0.3 is 0 Å². The molecule has 1 N–H and O–H groups in total. The van der Waals surface area contributed by atoms with Crippen LogP contribution in [0.5, 0.6) is 0 Å². The molecule has 0 heterocycles. The molecule has 0 aromatic heterocycles. The summed E-state index contributed by atoms with van der Waals surface area (Å²) in [5.41, 5.74) is 0. The second kappa shape index (κ2) is 7.32. The molecule has 2 unspecified atom stereocenters. The van der Waals surface area contributed by atoms with Crippen molar-refractivity contribution in [1.29, 1.82) is 0 Å². The van der Waals surface area contributed by atoms with Gasteiger partial charge in [0.1, 0.15) is 0 Å². The van der Waals surface area contributed by atoms with Gasteiger partial charge in [0, 0.05) is 12.6 Å². The number of rotatable bonds is 7. The summed E-state index contributed by atoms with van der Waals surface area (Å²) in [6.45, 7) is 11.6. The molecule has 0 saturated heterocycles. The molecule has 0 rings (SSSR count). The molecule has 2 nitrogen and oxygen atoms in total. The molecule has 0 aliphatic heterocycles. The smallest absolute Gasteiger partial charge is 0.0675 e. The molecule has 0 aliphatic carbocycles. The van der Waals surface area contributed by atoms with Crippen LogP contribution >= 0.6 is 0 Å². The lowest BCUT2D eigenvalue weighted by Gasteiger charge is -2.16. The fourth-order valence-corrected chi connectivity index (χ4v) is 0.803. The molecule has 0 spiro atoms. The average Bonchev–Trinajstić information content (AvgIpc) is 2.10. The fourth-order valence-electron chi connectivity index (χ4n) is 0.803. The summed E-state index contributed by atoms with van der Waals surface area (Å²) < 4.78 is 5.41. The summed E-state index contributed by atoms with van der Waals surface area (Å²) >= 11 is 0. The summed E-state index contributed by atoms with van der Waals surface area (Å²) in [4.78, 5) is 0. The molecule has 0 aromatic rings. The van der Waals surface area contributed by atoms with E-state index in [0.29, 0.717) is 12.6 Å². The first kappa shape index (κ1) is 11.7. The van der Waals surface area contributed by atoms with Crippen LogP contribution in [-0.2, 0) is 4.74 Å². The molecule has 12 heavy (non-hydrogen) atoms. The van der Waals surface area contributed by atoms with E-state index in [1.165, 1.54) is 0 Å². The Kier molecular flexibility index (Phi) is 7.11. The number of ether oxygens (including phenoxy) is 1. The largest absolute Gasteiger partial charge is 0.373 e. The van der Waals surface area contributed by atoms with Crippen LogP contribution in [0.3, 0.4) is 0 Å². The van der Waals surface area contributed by atoms with Crippen molar-refractivity contribution in [1.82, 2.24) is 5.32 Å². The Morgan fingerprint density at radius 1 is 1.50 bits per heavy atom. The Hall–Kier alpha value is -0.340. The predicted molar refractivity (Wildman–Crippen MR) is 53.4 cm³/mol. The monoisotopic (exact) mass is 171 g/mol. The Balaban J connectivity index is 3.29. The van der Waals surface area contributed by atoms with Gasteiger partial charge in [-0.2, -0.15) is 0 Å². The third-order valence-corrected chi connectivity index (χ3v) is 1.86. The van der Waals surface area contributed by atoms with E-state index < -0.39 is 0 Å². The first-order chi connectivity index (χ1) is 5.70. The van der Waals surface area contributed by atoms with Crippen molar-refractivity contribution in [3.05, 3.63) is 12.7 Å². The van der Waals surface area contributed by atoms with Crippen LogP contribution in [-0.4, -0.2) is 25.3 Å². The van der Waals surface area contributed by atoms with Crippen LogP contribution in [0, 0.1) is 0 Å². The molecule has 2 atom stereocenters. The summed E-state index contributed by atoms with van der Waals surface area (Å²) in [5.74, 6) is 0. The number of nitrogens with one attached hydrogen (secondary N) is 1. The molecule has 0 fully saturated rings. The van der Waals surface area contributed by atoms with E-state index >= 15 is 0 Å². The van der Waals surface area contributed by atoms with Crippen molar-refractivity contribution >= 4 is 0 Å². The molecule has 0 saturated carbocycles. The number of hydrogen-bond donors (Lipinski definition) is 1. The van der Waals surface area contributed by atoms with Crippen molar-refractivity contribution in [2.45, 2.75) is 39.3 Å². The molecule has 72 valence electrons. The van der Waals surface area contributed by atoms with Gasteiger partial charge in [-0.25, -0.2) is 0 Å². The minimum absolute atomic E-state index is 0.275. The maximum absolute atomic E-state index is 5.41. The van der Waals surface area contributed by atoms with Gasteiger partial charge in [-0.05, 0) is 20.3 Å². The Labute approximate surface area is 76.0 Å². The van der Waals surface area contributed by atoms with Crippen LogP contribution in [0.15, 0.2) is 12.7 Å². The van der Waals surface area contributed by atoms with Crippen molar-refractivity contribution in [3.63, 3.8) is 0 Å². The van der Waals surface area contributed by atoms with Gasteiger partial charge in [-0.3, -0.25) is 0 Å². The second-order valence-corrected chi connectivity index (χ2v) is 3.15. The first-order valence-corrected chi connectivity index (χ1v) is 4.66. The zero-order chi connectivity index (χ0) is 9.40. The Morgan fingerprint density at radius 3 is 2.67 bits per heavy atom. The van der Waals surface area contributed by atoms with Crippen molar-refractivity contribution < 1.29 is 4.74 Å². The standard InChI is InChI=1S/C10H21NO/c1-5-7-12-10(4)8-11-9(3)6-2/h5,9-11H,1,6-8H2,2-4H3. The van der Waals surface area contributed by atoms with Crippen LogP contribution in [0.2, 0.25) is 0 Å². The Morgan fingerprint density at radius 2 is 2.17 bits per heavy atom. The number of hydrogen-bond acceptors (Lipinski definition) is 2. The maximum Gasteiger partial charge on any atom is 0.0675 e. The zero-order valence-electron chi connectivity index (χ0n) is 8.47. The van der Waals surface area contributed by atoms with E-state index in [4.69, 9.17) is 4.74 Å². The molecule has 2 heteroatoms. The summed E-state index contributed by atoms with van der Waals surface area (Å²) in [7, 11) is 0. The summed E-state index contributed by atoms with van der Waals surface area (Å²) in [5, 5.41) is 3.38. The predicted octanol–water partition coefficient (Wildman–Crippen LogP) is 1.97. The van der Waals surface area contributed by atoms with Crippen LogP contribution < -0.4 is 5.32 Å². The van der Waals surface area contributed by atoms with Gasteiger partial charge in [0.25, 0.3) is 0 Å². The van der Waals surface area contributed by atoms with Gasteiger partial charge in [0.05, 0.1) is 12.7 Å². The van der Waals surface area contributed by atoms with Gasteiger partial charge in [0.15, 0.2) is 0 Å². The average molecular weight is 171 g/mol. The molecular weight excluding hydrogens is 150 g/mol. The maximum atomic E-state index is 5.41. The lowest BCUT2D eigenvalue weighted by atomic mass is 10.2. The molecule has 0 bridgehead atoms. The van der Waals surface area contributed by atoms with Gasteiger partial charge < -0.3 is 10.1 Å². The lowest BCUT2D eigenvalue weighted by Crippen LogP contribution is -2.33. The van der Waals surface area contributed by atoms with E-state index in [0.717, 1.165) is 13.0 Å². The summed E-state index contributed by atoms with van der Waals surface area (Å²) in [6.07, 6.45) is 3.21. The van der Waals surface area contributed by atoms with E-state index in [-0.39, 0.29) is 6.10 Å². The lowest BCUT2D eigenvalue weighted by molar-refractivity contribution is 0.0859. The third-order valence-electron chi connectivity index (χ3n) is 1.86. The van der Waals surface area contributed by atoms with Gasteiger partial charge in [-0.15, -0.1) is 6.58 Å². The summed E-state index contributed by atoms with van der Waals surface area (Å²) in [6, 6.07) is 0.583. The molecular formula is C10H21NO. The van der Waals surface area contributed by atoms with Crippen molar-refractivity contribution in [3.8, 4) is 0 Å². The molecule has 0 aromatic carbocycles. The van der Waals surface area contributed by atoms with E-state index in [9.17, 15) is 0 Å². The normalized spacial score (nSPS) is 15.6. The van der Waals surface area contributed by atoms with Crippen LogP contribution in [0.25, 0.3) is 0 Å². The minimum Gasteiger partial charge on any atom is -0.373 e. The van der Waals surface area contributed by atoms with Crippen molar-refractivity contribution in [2.24, 2.45) is 0 Å². The fraction of sp³-hybridized carbons (Fsp3) is 0.800. The van der Waals surface area contributed by atoms with Crippen LogP contribution in [0.1, 0.15) is 27.2 Å². The van der Waals surface area contributed by atoms with E-state index in [1.807, 2.05) is 0 Å². The van der Waals surface area contributed by atoms with Gasteiger partial charge in [-0.1, -0.05) is 13.0 Å². The van der Waals surface area contributed by atoms with Crippen LogP contribution in [0.4, 0.5) is 0 Å². The highest BCUT2D eigenvalue weighted by Gasteiger charge is 2.02. The minimum atomic E-state index is 0.275. The Bertz CT molecular complexity index is 114.